The number of hydrogen-bond donors (Lipinski definition) is 3. The van der Waals surface area contributed by atoms with Crippen LogP contribution in [0.1, 0.15) is 48.3 Å². The second kappa shape index (κ2) is 14.0. The van der Waals surface area contributed by atoms with Crippen molar-refractivity contribution < 1.29 is 19.4 Å². The van der Waals surface area contributed by atoms with Gasteiger partial charge < -0.3 is 30.3 Å². The van der Waals surface area contributed by atoms with Gasteiger partial charge in [-0.05, 0) is 76.7 Å². The summed E-state index contributed by atoms with van der Waals surface area (Å²) in [7, 11) is 3.66. The monoisotopic (exact) mass is 593 g/mol. The lowest BCUT2D eigenvalue weighted by Crippen LogP contribution is -2.46. The number of nitrogens with zero attached hydrogens (tertiary/aromatic N) is 3. The number of allylic oxidation sites excluding steroid dienone is 2. The zero-order chi connectivity index (χ0) is 30.4. The summed E-state index contributed by atoms with van der Waals surface area (Å²) in [6.45, 7) is 6.80. The van der Waals surface area contributed by atoms with Crippen LogP contribution in [-0.4, -0.2) is 84.5 Å². The maximum Gasteiger partial charge on any atom is 0.251 e. The summed E-state index contributed by atoms with van der Waals surface area (Å²) in [4.78, 5) is 34.3. The number of ether oxygens (including phenoxy) is 1. The maximum absolute atomic E-state index is 13.2. The number of aliphatic hydroxyl groups excluding tert-OH is 1. The van der Waals surface area contributed by atoms with E-state index in [1.165, 1.54) is 0 Å². The highest BCUT2D eigenvalue weighted by Crippen LogP contribution is 2.30. The van der Waals surface area contributed by atoms with Crippen molar-refractivity contribution in [2.24, 2.45) is 4.99 Å². The Bertz CT molecular complexity index is 1370. The number of benzene rings is 2. The number of amides is 2. The first-order valence-electron chi connectivity index (χ1n) is 14.2. The molecule has 2 amide bonds. The van der Waals surface area contributed by atoms with Crippen LogP contribution in [0.4, 0.5) is 0 Å². The number of amidine groups is 1. The highest BCUT2D eigenvalue weighted by Gasteiger charge is 2.30. The Morgan fingerprint density at radius 1 is 1.17 bits per heavy atom. The van der Waals surface area contributed by atoms with Crippen molar-refractivity contribution in [3.63, 3.8) is 0 Å². The second-order valence-corrected chi connectivity index (χ2v) is 11.6. The molecule has 3 atom stereocenters. The fourth-order valence-corrected chi connectivity index (χ4v) is 5.14. The lowest BCUT2D eigenvalue weighted by molar-refractivity contribution is -0.121. The van der Waals surface area contributed by atoms with Gasteiger partial charge in [-0.3, -0.25) is 14.6 Å². The summed E-state index contributed by atoms with van der Waals surface area (Å²) in [5.41, 5.74) is 3.30. The molecule has 0 aromatic heterocycles. The van der Waals surface area contributed by atoms with E-state index in [0.29, 0.717) is 29.3 Å². The van der Waals surface area contributed by atoms with E-state index in [4.69, 9.17) is 21.3 Å². The van der Waals surface area contributed by atoms with Gasteiger partial charge in [0.15, 0.2) is 0 Å². The molecular weight excluding hydrogens is 554 g/mol. The van der Waals surface area contributed by atoms with Gasteiger partial charge in [0.25, 0.3) is 5.91 Å². The van der Waals surface area contributed by atoms with Gasteiger partial charge in [0, 0.05) is 23.9 Å². The first kappa shape index (κ1) is 31.3. The van der Waals surface area contributed by atoms with Crippen molar-refractivity contribution in [3.8, 4) is 5.75 Å². The number of hydrogen-bond acceptors (Lipinski definition) is 7. The normalized spacial score (nSPS) is 17.5. The minimum Gasteiger partial charge on any atom is -0.489 e. The molecule has 0 spiro atoms. The molecule has 2 aliphatic heterocycles. The van der Waals surface area contributed by atoms with Gasteiger partial charge in [-0.25, -0.2) is 0 Å². The molecule has 9 nitrogen and oxygen atoms in total. The quantitative estimate of drug-likeness (QED) is 0.346. The largest absolute Gasteiger partial charge is 0.489 e. The minimum absolute atomic E-state index is 0.0400. The Balaban J connectivity index is 1.46. The number of halogens is 1. The molecule has 0 radical (unpaired) electrons. The molecule has 42 heavy (non-hydrogen) atoms. The predicted molar refractivity (Wildman–Crippen MR) is 166 cm³/mol. The molecule has 0 saturated heterocycles. The Labute approximate surface area is 252 Å². The lowest BCUT2D eigenvalue weighted by atomic mass is 10.0. The van der Waals surface area contributed by atoms with Gasteiger partial charge >= 0.3 is 0 Å². The van der Waals surface area contributed by atoms with Crippen molar-refractivity contribution in [3.05, 3.63) is 88.1 Å². The number of likely N-dealkylation sites (N-methyl/N-ethyl adjacent to an activating group) is 1. The summed E-state index contributed by atoms with van der Waals surface area (Å²) in [6.07, 6.45) is 5.69. The van der Waals surface area contributed by atoms with Crippen LogP contribution in [0, 0.1) is 0 Å². The molecule has 224 valence electrons. The zero-order valence-corrected chi connectivity index (χ0v) is 25.6. The van der Waals surface area contributed by atoms with Gasteiger partial charge in [0.2, 0.25) is 5.91 Å². The molecular formula is C32H40ClN5O4. The topological polar surface area (TPSA) is 106 Å². The molecule has 10 heteroatoms. The van der Waals surface area contributed by atoms with Crippen LogP contribution < -0.4 is 15.4 Å². The molecule has 2 heterocycles. The standard InChI is InChI=1S/C32H40ClN5O4/c1-20(2)42-29-13-12-24(16-27(29)33)32(41)35-25(17-34-30(40)19-37(4)5)15-22-8-10-23(11-9-22)28-18-38-14-6-7-26(21(3)39)31(38)36-28/h6-14,16,20-21,25,28,39H,15,17-19H2,1-5H3,(H,34,40)(H,35,41)/t21-,25+,28?/m1/s1. The molecule has 2 aromatic rings. The molecule has 2 aliphatic rings. The van der Waals surface area contributed by atoms with E-state index in [2.05, 4.69) is 27.7 Å². The molecule has 3 N–H and O–H groups in total. The number of rotatable bonds is 12. The summed E-state index contributed by atoms with van der Waals surface area (Å²) >= 11 is 6.37. The average molecular weight is 594 g/mol. The van der Waals surface area contributed by atoms with E-state index < -0.39 is 6.10 Å². The number of aliphatic imine (C=N–C) groups is 1. The summed E-state index contributed by atoms with van der Waals surface area (Å²) in [6, 6.07) is 12.7. The van der Waals surface area contributed by atoms with Crippen molar-refractivity contribution in [1.82, 2.24) is 20.4 Å². The van der Waals surface area contributed by atoms with Crippen molar-refractivity contribution in [2.45, 2.75) is 51.5 Å². The molecule has 2 aromatic carbocycles. The average Bonchev–Trinajstić information content (AvgIpc) is 3.37. The van der Waals surface area contributed by atoms with Gasteiger partial charge in [-0.15, -0.1) is 0 Å². The molecule has 0 aliphatic carbocycles. The van der Waals surface area contributed by atoms with E-state index in [0.717, 1.165) is 22.5 Å². The van der Waals surface area contributed by atoms with Gasteiger partial charge in [-0.2, -0.15) is 0 Å². The number of aliphatic hydroxyl groups is 1. The second-order valence-electron chi connectivity index (χ2n) is 11.2. The van der Waals surface area contributed by atoms with E-state index >= 15 is 0 Å². The van der Waals surface area contributed by atoms with E-state index in [-0.39, 0.29) is 43.1 Å². The van der Waals surface area contributed by atoms with Crippen LogP contribution in [0.25, 0.3) is 0 Å². The van der Waals surface area contributed by atoms with Crippen molar-refractivity contribution >= 4 is 29.3 Å². The highest BCUT2D eigenvalue weighted by molar-refractivity contribution is 6.32. The van der Waals surface area contributed by atoms with Crippen LogP contribution in [0.2, 0.25) is 5.02 Å². The predicted octanol–water partition coefficient (Wildman–Crippen LogP) is 3.74. The Morgan fingerprint density at radius 2 is 1.90 bits per heavy atom. The van der Waals surface area contributed by atoms with Crippen molar-refractivity contribution in [1.29, 1.82) is 0 Å². The molecule has 0 fully saturated rings. The molecule has 0 bridgehead atoms. The third-order valence-electron chi connectivity index (χ3n) is 6.91. The van der Waals surface area contributed by atoms with E-state index in [9.17, 15) is 14.7 Å². The first-order chi connectivity index (χ1) is 20.0. The summed E-state index contributed by atoms with van der Waals surface area (Å²) in [5.74, 6) is 0.921. The lowest BCUT2D eigenvalue weighted by Gasteiger charge is -2.22. The van der Waals surface area contributed by atoms with E-state index in [1.807, 2.05) is 58.4 Å². The first-order valence-corrected chi connectivity index (χ1v) is 14.6. The van der Waals surface area contributed by atoms with Gasteiger partial charge in [-0.1, -0.05) is 41.9 Å². The number of carbonyl (C=O) groups is 2. The molecule has 4 rings (SSSR count). The third-order valence-corrected chi connectivity index (χ3v) is 7.21. The SMILES string of the molecule is CC(C)Oc1ccc(C(=O)N[C@H](CNC(=O)CN(C)C)Cc2ccc(C3CN4C=CC=C([C@@H](C)O)C4=N3)cc2)cc1Cl. The number of nitrogens with one attached hydrogen (secondary N) is 2. The summed E-state index contributed by atoms with van der Waals surface area (Å²) < 4.78 is 5.68. The highest BCUT2D eigenvalue weighted by atomic mass is 35.5. The van der Waals surface area contributed by atoms with Gasteiger partial charge in [0.1, 0.15) is 11.6 Å². The third kappa shape index (κ3) is 8.21. The number of fused-ring (bicyclic) bond motifs is 1. The molecule has 0 saturated carbocycles. The smallest absolute Gasteiger partial charge is 0.251 e. The maximum atomic E-state index is 13.2. The van der Waals surface area contributed by atoms with Crippen LogP contribution in [0.5, 0.6) is 5.75 Å². The Kier molecular flexibility index (Phi) is 10.4. The Hall–Kier alpha value is -3.66. The Morgan fingerprint density at radius 3 is 2.55 bits per heavy atom. The van der Waals surface area contributed by atoms with Gasteiger partial charge in [0.05, 0.1) is 42.4 Å². The van der Waals surface area contributed by atoms with E-state index in [1.54, 1.807) is 30.0 Å². The number of carbonyl (C=O) groups excluding carboxylic acids is 2. The summed E-state index contributed by atoms with van der Waals surface area (Å²) in [5, 5.41) is 16.5. The van der Waals surface area contributed by atoms with Crippen LogP contribution in [0.15, 0.2) is 71.4 Å². The fourth-order valence-electron chi connectivity index (χ4n) is 4.91. The van der Waals surface area contributed by atoms with Crippen LogP contribution >= 0.6 is 11.6 Å². The van der Waals surface area contributed by atoms with Crippen LogP contribution in [-0.2, 0) is 11.2 Å². The molecule has 1 unspecified atom stereocenters. The fraction of sp³-hybridized carbons (Fsp3) is 0.406. The van der Waals surface area contributed by atoms with Crippen LogP contribution in [0.3, 0.4) is 0 Å². The van der Waals surface area contributed by atoms with Crippen molar-refractivity contribution in [2.75, 3.05) is 33.7 Å². The zero-order valence-electron chi connectivity index (χ0n) is 24.8. The minimum atomic E-state index is -0.593.